The molecule has 1 unspecified atom stereocenters. The van der Waals surface area contributed by atoms with Crippen LogP contribution in [0.25, 0.3) is 5.69 Å². The van der Waals surface area contributed by atoms with Crippen LogP contribution >= 0.6 is 0 Å². The molecule has 1 atom stereocenters. The van der Waals surface area contributed by atoms with Crippen LogP contribution in [0.2, 0.25) is 0 Å². The molecule has 0 saturated carbocycles. The van der Waals surface area contributed by atoms with Crippen molar-refractivity contribution >= 4 is 0 Å². The zero-order chi connectivity index (χ0) is 17.2. The van der Waals surface area contributed by atoms with Gasteiger partial charge in [0.15, 0.2) is 11.5 Å². The van der Waals surface area contributed by atoms with E-state index in [2.05, 4.69) is 12.1 Å². The number of aromatic hydroxyl groups is 1. The Balaban J connectivity index is 1.45. The molecule has 1 aromatic heterocycles. The van der Waals surface area contributed by atoms with Gasteiger partial charge in [0.25, 0.3) is 0 Å². The molecule has 25 heavy (non-hydrogen) atoms. The van der Waals surface area contributed by atoms with Crippen molar-refractivity contribution in [2.75, 3.05) is 13.8 Å². The van der Waals surface area contributed by atoms with Crippen molar-refractivity contribution in [1.29, 1.82) is 0 Å². The maximum Gasteiger partial charge on any atom is 0.231 e. The highest BCUT2D eigenvalue weighted by atomic mass is 16.7. The highest BCUT2D eigenvalue weighted by molar-refractivity contribution is 5.50. The van der Waals surface area contributed by atoms with E-state index in [4.69, 9.17) is 9.47 Å². The van der Waals surface area contributed by atoms with E-state index in [0.29, 0.717) is 18.0 Å². The van der Waals surface area contributed by atoms with Gasteiger partial charge in [0.05, 0.1) is 24.5 Å². The number of fused-ring (bicyclic) bond motifs is 1. The number of aromatic nitrogens is 2. The van der Waals surface area contributed by atoms with Crippen LogP contribution in [0, 0.1) is 0 Å². The first-order valence-electron chi connectivity index (χ1n) is 8.21. The van der Waals surface area contributed by atoms with Crippen LogP contribution in [0.5, 0.6) is 17.2 Å². The lowest BCUT2D eigenvalue weighted by atomic mass is 10.1. The third-order valence-electron chi connectivity index (χ3n) is 4.23. The Morgan fingerprint density at radius 3 is 2.68 bits per heavy atom. The van der Waals surface area contributed by atoms with E-state index in [9.17, 15) is 5.11 Å². The Kier molecular flexibility index (Phi) is 4.03. The summed E-state index contributed by atoms with van der Waals surface area (Å²) in [6.45, 7) is 1.69. The van der Waals surface area contributed by atoms with Crippen molar-refractivity contribution in [2.45, 2.75) is 13.1 Å². The van der Waals surface area contributed by atoms with Crippen LogP contribution in [-0.4, -0.2) is 28.7 Å². The van der Waals surface area contributed by atoms with Gasteiger partial charge in [0, 0.05) is 17.8 Å². The Bertz CT molecular complexity index is 877. The van der Waals surface area contributed by atoms with Crippen LogP contribution in [0.3, 0.4) is 0 Å². The van der Waals surface area contributed by atoms with Gasteiger partial charge in [-0.05, 0) is 18.2 Å². The first-order valence-corrected chi connectivity index (χ1v) is 8.21. The normalized spacial score (nSPS) is 13.8. The second-order valence-electron chi connectivity index (χ2n) is 6.27. The number of phenolic OH excluding ortho intramolecular Hbond substituents is 1. The molecule has 2 heterocycles. The number of hydrogen-bond acceptors (Lipinski definition) is 4. The van der Waals surface area contributed by atoms with Crippen LogP contribution < -0.4 is 14.4 Å². The van der Waals surface area contributed by atoms with E-state index in [1.807, 2.05) is 53.5 Å². The number of para-hydroxylation sites is 1. The van der Waals surface area contributed by atoms with E-state index in [1.165, 1.54) is 4.90 Å². The van der Waals surface area contributed by atoms with Gasteiger partial charge in [-0.25, -0.2) is 4.68 Å². The first-order chi connectivity index (χ1) is 12.2. The number of nitrogens with one attached hydrogen (secondary N) is 1. The summed E-state index contributed by atoms with van der Waals surface area (Å²) in [4.78, 5) is 1.24. The number of nitrogens with zero attached hydrogens (tertiary/aromatic N) is 2. The maximum absolute atomic E-state index is 10.2. The highest BCUT2D eigenvalue weighted by Crippen LogP contribution is 2.37. The quantitative estimate of drug-likeness (QED) is 0.741. The van der Waals surface area contributed by atoms with E-state index in [-0.39, 0.29) is 12.5 Å². The molecule has 6 heteroatoms. The number of benzene rings is 2. The summed E-state index contributed by atoms with van der Waals surface area (Å²) in [5.41, 5.74) is 3.03. The molecule has 0 aliphatic carbocycles. The van der Waals surface area contributed by atoms with Gasteiger partial charge in [0.1, 0.15) is 18.8 Å². The van der Waals surface area contributed by atoms with Crippen molar-refractivity contribution < 1.29 is 19.5 Å². The predicted molar refractivity (Wildman–Crippen MR) is 92.1 cm³/mol. The lowest BCUT2D eigenvalue weighted by molar-refractivity contribution is -0.907. The van der Waals surface area contributed by atoms with Gasteiger partial charge in [-0.15, -0.1) is 0 Å². The summed E-state index contributed by atoms with van der Waals surface area (Å²) in [7, 11) is 2.09. The molecule has 0 spiro atoms. The Hall–Kier alpha value is -2.99. The lowest BCUT2D eigenvalue weighted by Crippen LogP contribution is -3.06. The molecule has 0 amide bonds. The first kappa shape index (κ1) is 15.5. The smallest absolute Gasteiger partial charge is 0.231 e. The van der Waals surface area contributed by atoms with Crippen molar-refractivity contribution in [3.63, 3.8) is 0 Å². The number of ether oxygens (including phenoxy) is 2. The second-order valence-corrected chi connectivity index (χ2v) is 6.27. The summed E-state index contributed by atoms with van der Waals surface area (Å²) in [6, 6.07) is 13.5. The molecule has 3 aromatic rings. The van der Waals surface area contributed by atoms with Gasteiger partial charge in [-0.1, -0.05) is 18.2 Å². The monoisotopic (exact) mass is 338 g/mol. The second kappa shape index (κ2) is 6.49. The third-order valence-corrected chi connectivity index (χ3v) is 4.23. The maximum atomic E-state index is 10.2. The van der Waals surface area contributed by atoms with E-state index in [0.717, 1.165) is 23.4 Å². The van der Waals surface area contributed by atoms with E-state index >= 15 is 0 Å². The van der Waals surface area contributed by atoms with Gasteiger partial charge in [-0.2, -0.15) is 5.10 Å². The predicted octanol–water partition coefficient (Wildman–Crippen LogP) is 1.52. The summed E-state index contributed by atoms with van der Waals surface area (Å²) in [5, 5.41) is 14.6. The topological polar surface area (TPSA) is 61.0 Å². The Morgan fingerprint density at radius 2 is 1.88 bits per heavy atom. The largest absolute Gasteiger partial charge is 0.507 e. The van der Waals surface area contributed by atoms with Crippen LogP contribution in [0.1, 0.15) is 11.1 Å². The summed E-state index contributed by atoms with van der Waals surface area (Å²) in [6.07, 6.45) is 3.92. The molecule has 128 valence electrons. The fourth-order valence-electron chi connectivity index (χ4n) is 3.02. The summed E-state index contributed by atoms with van der Waals surface area (Å²) < 4.78 is 12.5. The minimum atomic E-state index is 0.208. The Labute approximate surface area is 145 Å². The molecule has 1 aliphatic heterocycles. The zero-order valence-electron chi connectivity index (χ0n) is 14.0. The van der Waals surface area contributed by atoms with E-state index in [1.54, 1.807) is 6.07 Å². The van der Waals surface area contributed by atoms with Crippen LogP contribution in [0.15, 0.2) is 54.9 Å². The molecule has 2 aromatic carbocycles. The van der Waals surface area contributed by atoms with Crippen molar-refractivity contribution in [3.05, 3.63) is 66.0 Å². The highest BCUT2D eigenvalue weighted by Gasteiger charge is 2.19. The SMILES string of the molecule is C[NH+](Cc1cnn(-c2ccccc2)c1)Cc1cc2c(cc1O)OCO2. The van der Waals surface area contributed by atoms with Gasteiger partial charge in [-0.3, -0.25) is 0 Å². The van der Waals surface area contributed by atoms with Crippen LogP contribution in [-0.2, 0) is 13.1 Å². The summed E-state index contributed by atoms with van der Waals surface area (Å²) in [5.74, 6) is 1.53. The molecule has 2 N–H and O–H groups in total. The molecule has 0 radical (unpaired) electrons. The zero-order valence-corrected chi connectivity index (χ0v) is 14.0. The average molecular weight is 338 g/mol. The van der Waals surface area contributed by atoms with Gasteiger partial charge in [0.2, 0.25) is 6.79 Å². The van der Waals surface area contributed by atoms with E-state index < -0.39 is 0 Å². The van der Waals surface area contributed by atoms with Gasteiger partial charge < -0.3 is 19.5 Å². The summed E-state index contributed by atoms with van der Waals surface area (Å²) >= 11 is 0. The number of rotatable bonds is 5. The minimum absolute atomic E-state index is 0.208. The molecular weight excluding hydrogens is 318 g/mol. The molecule has 6 nitrogen and oxygen atoms in total. The molecule has 0 saturated heterocycles. The minimum Gasteiger partial charge on any atom is -0.507 e. The Morgan fingerprint density at radius 1 is 1.12 bits per heavy atom. The molecular formula is C19H20N3O3+. The lowest BCUT2D eigenvalue weighted by Gasteiger charge is -2.14. The number of phenols is 1. The fourth-order valence-corrected chi connectivity index (χ4v) is 3.02. The fraction of sp³-hybridized carbons (Fsp3) is 0.211. The molecule has 0 bridgehead atoms. The number of quaternary nitrogens is 1. The standard InChI is InChI=1S/C19H19N3O3/c1-21(12-15-7-18-19(8-17(15)23)25-13-24-18)10-14-9-20-22(11-14)16-5-3-2-4-6-16/h2-9,11,23H,10,12-13H2,1H3/p+1. The molecule has 4 rings (SSSR count). The third kappa shape index (κ3) is 3.29. The van der Waals surface area contributed by atoms with Crippen molar-refractivity contribution in [1.82, 2.24) is 9.78 Å². The van der Waals surface area contributed by atoms with Crippen molar-refractivity contribution in [3.8, 4) is 22.9 Å². The van der Waals surface area contributed by atoms with Gasteiger partial charge >= 0.3 is 0 Å². The molecule has 0 fully saturated rings. The average Bonchev–Trinajstić information content (AvgIpc) is 3.25. The van der Waals surface area contributed by atoms with Crippen molar-refractivity contribution in [2.24, 2.45) is 0 Å². The molecule has 1 aliphatic rings. The van der Waals surface area contributed by atoms with Crippen LogP contribution in [0.4, 0.5) is 0 Å². The number of hydrogen-bond donors (Lipinski definition) is 2.